The van der Waals surface area contributed by atoms with Crippen LogP contribution < -0.4 is 10.6 Å². The third-order valence-corrected chi connectivity index (χ3v) is 5.92. The molecule has 32 heavy (non-hydrogen) atoms. The fraction of sp³-hybridized carbons (Fsp3) is 0.208. The van der Waals surface area contributed by atoms with Crippen molar-refractivity contribution in [2.45, 2.75) is 19.1 Å². The summed E-state index contributed by atoms with van der Waals surface area (Å²) in [6, 6.07) is 15.3. The van der Waals surface area contributed by atoms with E-state index in [-0.39, 0.29) is 30.3 Å². The van der Waals surface area contributed by atoms with Crippen LogP contribution in [0.3, 0.4) is 0 Å². The van der Waals surface area contributed by atoms with Crippen LogP contribution in [-0.4, -0.2) is 46.3 Å². The Morgan fingerprint density at radius 3 is 2.59 bits per heavy atom. The van der Waals surface area contributed by atoms with Gasteiger partial charge in [0, 0.05) is 41.2 Å². The Morgan fingerprint density at radius 2 is 1.88 bits per heavy atom. The van der Waals surface area contributed by atoms with E-state index in [9.17, 15) is 14.4 Å². The smallest absolute Gasteiger partial charge is 0.253 e. The Balaban J connectivity index is 1.46. The fourth-order valence-corrected chi connectivity index (χ4v) is 4.12. The number of carbonyl (C=O) groups excluding carboxylic acids is 3. The van der Waals surface area contributed by atoms with Crippen molar-refractivity contribution < 1.29 is 14.4 Å². The Morgan fingerprint density at radius 1 is 1.12 bits per heavy atom. The summed E-state index contributed by atoms with van der Waals surface area (Å²) < 4.78 is 2.63. The molecule has 8 heteroatoms. The molecule has 4 rings (SSSR count). The van der Waals surface area contributed by atoms with E-state index in [1.165, 1.54) is 6.08 Å². The third kappa shape index (κ3) is 4.75. The lowest BCUT2D eigenvalue weighted by molar-refractivity contribution is -0.133. The summed E-state index contributed by atoms with van der Waals surface area (Å²) in [7, 11) is 0. The molecular formula is C24H23BrN4O3. The number of rotatable bonds is 7. The van der Waals surface area contributed by atoms with Gasteiger partial charge in [0.1, 0.15) is 6.54 Å². The van der Waals surface area contributed by atoms with E-state index in [4.69, 9.17) is 0 Å². The van der Waals surface area contributed by atoms with Gasteiger partial charge in [-0.15, -0.1) is 0 Å². The van der Waals surface area contributed by atoms with E-state index < -0.39 is 0 Å². The lowest BCUT2D eigenvalue weighted by Gasteiger charge is -2.38. The average Bonchev–Trinajstić information content (AvgIpc) is 3.11. The van der Waals surface area contributed by atoms with Crippen molar-refractivity contribution in [2.24, 2.45) is 0 Å². The monoisotopic (exact) mass is 494 g/mol. The first-order valence-corrected chi connectivity index (χ1v) is 11.0. The summed E-state index contributed by atoms with van der Waals surface area (Å²) in [6.07, 6.45) is 2.98. The number of fused-ring (bicyclic) bond motifs is 1. The number of nitrogens with zero attached hydrogens (tertiary/aromatic N) is 2. The number of aromatic nitrogens is 1. The first kappa shape index (κ1) is 21.8. The standard InChI is InChI=1S/C24H23BrN4O3/c1-2-23(31)29-12-18(13-29)27-22(30)15-28-14-20(19-10-17(25)8-9-21(19)28)24(32)26-11-16-6-4-3-5-7-16/h2-10,14,18H,1,11-13,15H2,(H,26,32)(H,27,30). The molecule has 0 atom stereocenters. The van der Waals surface area contributed by atoms with Crippen LogP contribution in [0.1, 0.15) is 15.9 Å². The normalized spacial score (nSPS) is 13.5. The summed E-state index contributed by atoms with van der Waals surface area (Å²) in [5.41, 5.74) is 2.32. The van der Waals surface area contributed by atoms with Gasteiger partial charge in [0.15, 0.2) is 0 Å². The second-order valence-electron chi connectivity index (χ2n) is 7.71. The maximum atomic E-state index is 12.9. The molecule has 7 nitrogen and oxygen atoms in total. The summed E-state index contributed by atoms with van der Waals surface area (Å²) in [4.78, 5) is 38.7. The molecule has 1 saturated heterocycles. The number of halogens is 1. The van der Waals surface area contributed by atoms with Gasteiger partial charge in [0.2, 0.25) is 11.8 Å². The van der Waals surface area contributed by atoms with Crippen LogP contribution in [0.15, 0.2) is 71.9 Å². The van der Waals surface area contributed by atoms with Crippen LogP contribution in [0, 0.1) is 0 Å². The molecule has 0 saturated carbocycles. The Bertz CT molecular complexity index is 1180. The highest BCUT2D eigenvalue weighted by atomic mass is 79.9. The van der Waals surface area contributed by atoms with Gasteiger partial charge in [0.05, 0.1) is 11.6 Å². The van der Waals surface area contributed by atoms with Gasteiger partial charge in [-0.2, -0.15) is 0 Å². The molecule has 0 unspecified atom stereocenters. The first-order valence-electron chi connectivity index (χ1n) is 10.3. The number of likely N-dealkylation sites (tertiary alicyclic amines) is 1. The van der Waals surface area contributed by atoms with Crippen molar-refractivity contribution in [3.8, 4) is 0 Å². The minimum atomic E-state index is -0.200. The molecule has 2 aromatic carbocycles. The van der Waals surface area contributed by atoms with E-state index in [2.05, 4.69) is 33.1 Å². The first-order chi connectivity index (χ1) is 15.4. The maximum absolute atomic E-state index is 12.9. The molecule has 1 aliphatic heterocycles. The van der Waals surface area contributed by atoms with Crippen molar-refractivity contribution in [1.82, 2.24) is 20.1 Å². The van der Waals surface area contributed by atoms with Crippen LogP contribution >= 0.6 is 15.9 Å². The molecule has 3 amide bonds. The number of nitrogens with one attached hydrogen (secondary N) is 2. The van der Waals surface area contributed by atoms with Gasteiger partial charge >= 0.3 is 0 Å². The van der Waals surface area contributed by atoms with Gasteiger partial charge in [0.25, 0.3) is 5.91 Å². The number of hydrogen-bond acceptors (Lipinski definition) is 3. The minimum Gasteiger partial charge on any atom is -0.348 e. The van der Waals surface area contributed by atoms with Crippen LogP contribution in [0.5, 0.6) is 0 Å². The van der Waals surface area contributed by atoms with E-state index in [0.29, 0.717) is 25.2 Å². The lowest BCUT2D eigenvalue weighted by Crippen LogP contribution is -2.61. The molecule has 1 aliphatic rings. The largest absolute Gasteiger partial charge is 0.348 e. The Kier molecular flexibility index (Phi) is 6.41. The molecule has 1 fully saturated rings. The zero-order valence-corrected chi connectivity index (χ0v) is 19.0. The summed E-state index contributed by atoms with van der Waals surface area (Å²) in [5.74, 6) is -0.505. The van der Waals surface area contributed by atoms with Gasteiger partial charge in [-0.05, 0) is 29.8 Å². The van der Waals surface area contributed by atoms with Crippen molar-refractivity contribution in [2.75, 3.05) is 13.1 Å². The molecule has 2 heterocycles. The summed E-state index contributed by atoms with van der Waals surface area (Å²) in [5, 5.41) is 6.66. The topological polar surface area (TPSA) is 83.4 Å². The molecule has 0 spiro atoms. The number of benzene rings is 2. The van der Waals surface area contributed by atoms with Crippen molar-refractivity contribution in [1.29, 1.82) is 0 Å². The van der Waals surface area contributed by atoms with E-state index in [1.807, 2.05) is 48.5 Å². The average molecular weight is 495 g/mol. The van der Waals surface area contributed by atoms with Crippen LogP contribution in [0.2, 0.25) is 0 Å². The third-order valence-electron chi connectivity index (χ3n) is 5.43. The van der Waals surface area contributed by atoms with E-state index in [1.54, 1.807) is 15.7 Å². The SMILES string of the molecule is C=CC(=O)N1CC(NC(=O)Cn2cc(C(=O)NCc3ccccc3)c3cc(Br)ccc32)C1. The molecule has 3 aromatic rings. The predicted molar refractivity (Wildman–Crippen MR) is 126 cm³/mol. The summed E-state index contributed by atoms with van der Waals surface area (Å²) in [6.45, 7) is 4.92. The van der Waals surface area contributed by atoms with E-state index in [0.717, 1.165) is 20.9 Å². The van der Waals surface area contributed by atoms with Crippen LogP contribution in [-0.2, 0) is 22.7 Å². The Labute approximate surface area is 194 Å². The molecule has 0 bridgehead atoms. The van der Waals surface area contributed by atoms with Crippen molar-refractivity contribution in [3.63, 3.8) is 0 Å². The lowest BCUT2D eigenvalue weighted by atomic mass is 10.1. The molecular weight excluding hydrogens is 472 g/mol. The van der Waals surface area contributed by atoms with E-state index >= 15 is 0 Å². The van der Waals surface area contributed by atoms with Gasteiger partial charge in [-0.3, -0.25) is 14.4 Å². The Hall–Kier alpha value is -3.39. The number of hydrogen-bond donors (Lipinski definition) is 2. The fourth-order valence-electron chi connectivity index (χ4n) is 3.76. The van der Waals surface area contributed by atoms with Crippen molar-refractivity contribution in [3.05, 3.63) is 83.0 Å². The second-order valence-corrected chi connectivity index (χ2v) is 8.63. The maximum Gasteiger partial charge on any atom is 0.253 e. The molecule has 2 N–H and O–H groups in total. The number of carbonyl (C=O) groups is 3. The quantitative estimate of drug-likeness (QED) is 0.495. The second kappa shape index (κ2) is 9.40. The van der Waals surface area contributed by atoms with Crippen LogP contribution in [0.25, 0.3) is 10.9 Å². The molecule has 0 aliphatic carbocycles. The van der Waals surface area contributed by atoms with Gasteiger partial charge < -0.3 is 20.1 Å². The van der Waals surface area contributed by atoms with Gasteiger partial charge in [-0.25, -0.2) is 0 Å². The molecule has 1 aromatic heterocycles. The molecule has 0 radical (unpaired) electrons. The zero-order valence-electron chi connectivity index (χ0n) is 17.4. The van der Waals surface area contributed by atoms with Crippen molar-refractivity contribution >= 4 is 44.6 Å². The molecule has 164 valence electrons. The minimum absolute atomic E-state index is 0.0731. The predicted octanol–water partition coefficient (Wildman–Crippen LogP) is 2.85. The van der Waals surface area contributed by atoms with Gasteiger partial charge in [-0.1, -0.05) is 52.8 Å². The highest BCUT2D eigenvalue weighted by molar-refractivity contribution is 9.10. The highest BCUT2D eigenvalue weighted by Gasteiger charge is 2.30. The van der Waals surface area contributed by atoms with Crippen LogP contribution in [0.4, 0.5) is 0 Å². The zero-order chi connectivity index (χ0) is 22.7. The number of amides is 3. The summed E-state index contributed by atoms with van der Waals surface area (Å²) >= 11 is 3.46. The highest BCUT2D eigenvalue weighted by Crippen LogP contribution is 2.25.